The molecule has 0 aliphatic heterocycles. The summed E-state index contributed by atoms with van der Waals surface area (Å²) >= 11 is 0. The van der Waals surface area contributed by atoms with Gasteiger partial charge in [-0.1, -0.05) is 23.8 Å². The van der Waals surface area contributed by atoms with Crippen molar-refractivity contribution < 1.29 is 13.2 Å². The Morgan fingerprint density at radius 1 is 1.12 bits per heavy atom. The van der Waals surface area contributed by atoms with Crippen LogP contribution in [0.25, 0.3) is 0 Å². The fraction of sp³-hybridized carbons (Fsp3) is 0.550. The van der Waals surface area contributed by atoms with E-state index in [1.54, 1.807) is 38.1 Å². The molecule has 1 aromatic rings. The van der Waals surface area contributed by atoms with Gasteiger partial charge >= 0.3 is 0 Å². The number of carbonyl (C=O) groups is 1. The predicted molar refractivity (Wildman–Crippen MR) is 104 cm³/mol. The summed E-state index contributed by atoms with van der Waals surface area (Å²) in [5, 5.41) is 2.97. The normalized spacial score (nSPS) is 15.0. The molecule has 0 aromatic heterocycles. The zero-order valence-electron chi connectivity index (χ0n) is 15.8. The van der Waals surface area contributed by atoms with Gasteiger partial charge in [0.05, 0.1) is 4.90 Å². The van der Waals surface area contributed by atoms with Gasteiger partial charge in [-0.05, 0) is 70.1 Å². The first-order valence-corrected chi connectivity index (χ1v) is 10.9. The van der Waals surface area contributed by atoms with Crippen LogP contribution in [0.15, 0.2) is 40.8 Å². The molecule has 1 aliphatic carbocycles. The van der Waals surface area contributed by atoms with Crippen molar-refractivity contribution in [2.24, 2.45) is 0 Å². The van der Waals surface area contributed by atoms with Gasteiger partial charge in [-0.15, -0.1) is 0 Å². The van der Waals surface area contributed by atoms with E-state index in [0.29, 0.717) is 19.4 Å². The minimum atomic E-state index is -3.46. The summed E-state index contributed by atoms with van der Waals surface area (Å²) in [7, 11) is -3.46. The van der Waals surface area contributed by atoms with E-state index in [1.165, 1.54) is 24.8 Å². The molecule has 0 atom stereocenters. The first kappa shape index (κ1) is 20.6. The highest BCUT2D eigenvalue weighted by atomic mass is 32.2. The number of rotatable bonds is 9. The van der Waals surface area contributed by atoms with Crippen molar-refractivity contribution in [2.45, 2.75) is 69.7 Å². The van der Waals surface area contributed by atoms with E-state index < -0.39 is 10.0 Å². The maximum Gasteiger partial charge on any atom is 0.240 e. The van der Waals surface area contributed by atoms with E-state index in [0.717, 1.165) is 18.4 Å². The van der Waals surface area contributed by atoms with E-state index in [4.69, 9.17) is 0 Å². The number of hydrogen-bond acceptors (Lipinski definition) is 3. The minimum Gasteiger partial charge on any atom is -0.356 e. The van der Waals surface area contributed by atoms with Crippen LogP contribution in [0.5, 0.6) is 0 Å². The Balaban J connectivity index is 1.75. The Bertz CT molecular complexity index is 722. The van der Waals surface area contributed by atoms with Crippen LogP contribution >= 0.6 is 0 Å². The van der Waals surface area contributed by atoms with Crippen LogP contribution in [0.3, 0.4) is 0 Å². The fourth-order valence-electron chi connectivity index (χ4n) is 3.05. The van der Waals surface area contributed by atoms with Gasteiger partial charge in [-0.25, -0.2) is 13.1 Å². The number of amides is 1. The predicted octanol–water partition coefficient (Wildman–Crippen LogP) is 3.31. The molecule has 0 heterocycles. The van der Waals surface area contributed by atoms with Gasteiger partial charge in [-0.2, -0.15) is 0 Å². The number of allylic oxidation sites excluding steroid dienone is 1. The number of nitrogens with one attached hydrogen (secondary N) is 2. The molecule has 5 nitrogen and oxygen atoms in total. The Labute approximate surface area is 157 Å². The number of sulfonamides is 1. The van der Waals surface area contributed by atoms with Gasteiger partial charge in [-0.3, -0.25) is 4.79 Å². The molecule has 1 aromatic carbocycles. The average Bonchev–Trinajstić information content (AvgIpc) is 2.60. The van der Waals surface area contributed by atoms with E-state index in [-0.39, 0.29) is 16.8 Å². The second-order valence-electron chi connectivity index (χ2n) is 7.13. The van der Waals surface area contributed by atoms with E-state index >= 15 is 0 Å². The molecule has 2 rings (SSSR count). The summed E-state index contributed by atoms with van der Waals surface area (Å²) in [6, 6.07) is 6.58. The van der Waals surface area contributed by atoms with Crippen LogP contribution in [-0.2, 0) is 21.2 Å². The third kappa shape index (κ3) is 6.92. The minimum absolute atomic E-state index is 0.0413. The molecule has 0 saturated carbocycles. The van der Waals surface area contributed by atoms with Crippen molar-refractivity contribution >= 4 is 15.9 Å². The van der Waals surface area contributed by atoms with Crippen molar-refractivity contribution in [3.63, 3.8) is 0 Å². The van der Waals surface area contributed by atoms with Crippen molar-refractivity contribution in [3.8, 4) is 0 Å². The average molecular weight is 379 g/mol. The van der Waals surface area contributed by atoms with Crippen LogP contribution < -0.4 is 10.0 Å². The SMILES string of the molecule is CC(C)NS(=O)(=O)c1ccc(CCC(=O)NCCC2=CCCCC2)cc1. The Morgan fingerprint density at radius 2 is 1.85 bits per heavy atom. The summed E-state index contributed by atoms with van der Waals surface area (Å²) in [4.78, 5) is 12.2. The monoisotopic (exact) mass is 378 g/mol. The number of aryl methyl sites for hydroxylation is 1. The van der Waals surface area contributed by atoms with Gasteiger partial charge in [0.15, 0.2) is 0 Å². The lowest BCUT2D eigenvalue weighted by Gasteiger charge is -2.13. The van der Waals surface area contributed by atoms with Crippen LogP contribution in [0.1, 0.15) is 57.9 Å². The largest absolute Gasteiger partial charge is 0.356 e. The molecule has 6 heteroatoms. The molecule has 1 aliphatic rings. The molecule has 0 fully saturated rings. The highest BCUT2D eigenvalue weighted by molar-refractivity contribution is 7.89. The molecule has 1 amide bonds. The lowest BCUT2D eigenvalue weighted by molar-refractivity contribution is -0.121. The lowest BCUT2D eigenvalue weighted by atomic mass is 9.97. The van der Waals surface area contributed by atoms with Crippen LogP contribution in [0.2, 0.25) is 0 Å². The maximum atomic E-state index is 12.1. The van der Waals surface area contributed by atoms with Crippen molar-refractivity contribution in [1.82, 2.24) is 10.0 Å². The Morgan fingerprint density at radius 3 is 2.46 bits per heavy atom. The molecule has 0 bridgehead atoms. The zero-order chi connectivity index (χ0) is 19.0. The highest BCUT2D eigenvalue weighted by Crippen LogP contribution is 2.19. The summed E-state index contributed by atoms with van der Waals surface area (Å²) in [5.41, 5.74) is 2.42. The summed E-state index contributed by atoms with van der Waals surface area (Å²) in [6.07, 6.45) is 9.14. The van der Waals surface area contributed by atoms with Crippen LogP contribution in [0, 0.1) is 0 Å². The third-order valence-electron chi connectivity index (χ3n) is 4.42. The van der Waals surface area contributed by atoms with E-state index in [2.05, 4.69) is 16.1 Å². The molecule has 0 unspecified atom stereocenters. The first-order chi connectivity index (χ1) is 12.4. The summed E-state index contributed by atoms with van der Waals surface area (Å²) in [6.45, 7) is 4.27. The highest BCUT2D eigenvalue weighted by Gasteiger charge is 2.15. The van der Waals surface area contributed by atoms with Gasteiger partial charge in [0.25, 0.3) is 0 Å². The second kappa shape index (κ2) is 9.88. The van der Waals surface area contributed by atoms with E-state index in [1.807, 2.05) is 0 Å². The lowest BCUT2D eigenvalue weighted by Crippen LogP contribution is -2.30. The van der Waals surface area contributed by atoms with Crippen molar-refractivity contribution in [3.05, 3.63) is 41.5 Å². The summed E-state index contributed by atoms with van der Waals surface area (Å²) < 4.78 is 26.7. The van der Waals surface area contributed by atoms with Gasteiger partial charge in [0.2, 0.25) is 15.9 Å². The van der Waals surface area contributed by atoms with Gasteiger partial charge in [0, 0.05) is 19.0 Å². The molecule has 0 spiro atoms. The Kier molecular flexibility index (Phi) is 7.85. The standard InChI is InChI=1S/C20H30N2O3S/c1-16(2)22-26(24,25)19-11-8-18(9-12-19)10-13-20(23)21-15-14-17-6-4-3-5-7-17/h6,8-9,11-12,16,22H,3-5,7,10,13-15H2,1-2H3,(H,21,23). The van der Waals surface area contributed by atoms with Crippen molar-refractivity contribution in [1.29, 1.82) is 0 Å². The molecular weight excluding hydrogens is 348 g/mol. The fourth-order valence-corrected chi connectivity index (χ4v) is 4.31. The van der Waals surface area contributed by atoms with Crippen molar-refractivity contribution in [2.75, 3.05) is 6.54 Å². The number of carbonyl (C=O) groups excluding carboxylic acids is 1. The van der Waals surface area contributed by atoms with Crippen LogP contribution in [0.4, 0.5) is 0 Å². The van der Waals surface area contributed by atoms with Gasteiger partial charge in [0.1, 0.15) is 0 Å². The zero-order valence-corrected chi connectivity index (χ0v) is 16.6. The number of benzene rings is 1. The maximum absolute atomic E-state index is 12.1. The molecule has 0 radical (unpaired) electrons. The topological polar surface area (TPSA) is 75.3 Å². The van der Waals surface area contributed by atoms with E-state index in [9.17, 15) is 13.2 Å². The first-order valence-electron chi connectivity index (χ1n) is 9.43. The smallest absolute Gasteiger partial charge is 0.240 e. The summed E-state index contributed by atoms with van der Waals surface area (Å²) in [5.74, 6) is 0.0413. The third-order valence-corrected chi connectivity index (χ3v) is 6.09. The quantitative estimate of drug-likeness (QED) is 0.647. The van der Waals surface area contributed by atoms with Gasteiger partial charge < -0.3 is 5.32 Å². The molecule has 26 heavy (non-hydrogen) atoms. The number of hydrogen-bond donors (Lipinski definition) is 2. The molecule has 0 saturated heterocycles. The molecule has 2 N–H and O–H groups in total. The Hall–Kier alpha value is -1.66. The molecule has 144 valence electrons. The molecular formula is C20H30N2O3S. The van der Waals surface area contributed by atoms with Crippen LogP contribution in [-0.4, -0.2) is 26.9 Å². The second-order valence-corrected chi connectivity index (χ2v) is 8.84.